The molecule has 0 aliphatic carbocycles. The van der Waals surface area contributed by atoms with Crippen LogP contribution in [0.15, 0.2) is 54.6 Å². The SMILES string of the molecule is CCCCCCCCCC(=O)Nc1c2c([nH+]c3ccccc13)N(Cc1ccccc1)CC2. The smallest absolute Gasteiger partial charge is 0.280 e. The molecule has 32 heavy (non-hydrogen) atoms. The zero-order valence-corrected chi connectivity index (χ0v) is 19.3. The number of aromatic nitrogens is 1. The van der Waals surface area contributed by atoms with Gasteiger partial charge in [0, 0.05) is 18.2 Å². The van der Waals surface area contributed by atoms with Gasteiger partial charge in [0.05, 0.1) is 17.8 Å². The largest absolute Gasteiger partial charge is 0.325 e. The summed E-state index contributed by atoms with van der Waals surface area (Å²) >= 11 is 0. The monoisotopic (exact) mass is 430 g/mol. The van der Waals surface area contributed by atoms with Crippen LogP contribution in [-0.4, -0.2) is 12.5 Å². The van der Waals surface area contributed by atoms with E-state index in [4.69, 9.17) is 0 Å². The third kappa shape index (κ3) is 5.48. The highest BCUT2D eigenvalue weighted by molar-refractivity contribution is 6.02. The number of benzene rings is 2. The Morgan fingerprint density at radius 3 is 2.47 bits per heavy atom. The van der Waals surface area contributed by atoms with Gasteiger partial charge in [-0.25, -0.2) is 4.98 Å². The molecule has 0 fully saturated rings. The number of nitrogens with one attached hydrogen (secondary N) is 2. The molecule has 0 radical (unpaired) electrons. The van der Waals surface area contributed by atoms with Gasteiger partial charge in [-0.3, -0.25) is 9.69 Å². The third-order valence-electron chi connectivity index (χ3n) is 6.47. The van der Waals surface area contributed by atoms with E-state index in [1.54, 1.807) is 0 Å². The molecule has 2 heterocycles. The van der Waals surface area contributed by atoms with Gasteiger partial charge in [-0.05, 0) is 24.1 Å². The number of anilines is 2. The van der Waals surface area contributed by atoms with E-state index in [9.17, 15) is 4.79 Å². The van der Waals surface area contributed by atoms with Crippen molar-refractivity contribution in [1.29, 1.82) is 0 Å². The van der Waals surface area contributed by atoms with Gasteiger partial charge >= 0.3 is 0 Å². The molecular weight excluding hydrogens is 394 g/mol. The number of pyridine rings is 1. The van der Waals surface area contributed by atoms with Crippen LogP contribution in [0.2, 0.25) is 0 Å². The molecule has 1 aromatic heterocycles. The zero-order chi connectivity index (χ0) is 22.2. The molecule has 0 unspecified atom stereocenters. The molecule has 4 rings (SSSR count). The number of carbonyl (C=O) groups is 1. The lowest BCUT2D eigenvalue weighted by Gasteiger charge is -2.14. The van der Waals surface area contributed by atoms with Crippen molar-refractivity contribution < 1.29 is 9.78 Å². The van der Waals surface area contributed by atoms with Gasteiger partial charge in [0.15, 0.2) is 0 Å². The van der Waals surface area contributed by atoms with Gasteiger partial charge in [-0.2, -0.15) is 0 Å². The zero-order valence-electron chi connectivity index (χ0n) is 19.3. The lowest BCUT2D eigenvalue weighted by Crippen LogP contribution is -2.26. The highest BCUT2D eigenvalue weighted by Crippen LogP contribution is 2.35. The standard InChI is InChI=1S/C28H35N3O/c1-2-3-4-5-6-7-11-18-26(32)30-27-23-16-12-13-17-25(23)29-28-24(27)19-20-31(28)21-22-14-9-8-10-15-22/h8-10,12-17H,2-7,11,18-21H2,1H3,(H,29,30,32)/p+1. The van der Waals surface area contributed by atoms with E-state index < -0.39 is 0 Å². The average Bonchev–Trinajstić information content (AvgIpc) is 3.21. The van der Waals surface area contributed by atoms with Crippen molar-refractivity contribution in [2.75, 3.05) is 16.8 Å². The maximum Gasteiger partial charge on any atom is 0.280 e. The van der Waals surface area contributed by atoms with Gasteiger partial charge in [0.2, 0.25) is 5.91 Å². The number of rotatable bonds is 11. The first-order valence-electron chi connectivity index (χ1n) is 12.3. The molecule has 1 aliphatic heterocycles. The van der Waals surface area contributed by atoms with E-state index in [-0.39, 0.29) is 5.91 Å². The van der Waals surface area contributed by atoms with Crippen molar-refractivity contribution >= 4 is 28.3 Å². The number of unbranched alkanes of at least 4 members (excludes halogenated alkanes) is 6. The van der Waals surface area contributed by atoms with Crippen LogP contribution >= 0.6 is 0 Å². The third-order valence-corrected chi connectivity index (χ3v) is 6.47. The molecule has 1 aliphatic rings. The summed E-state index contributed by atoms with van der Waals surface area (Å²) in [6.45, 7) is 4.07. The van der Waals surface area contributed by atoms with Gasteiger partial charge in [0.1, 0.15) is 12.1 Å². The van der Waals surface area contributed by atoms with E-state index in [0.717, 1.165) is 54.8 Å². The number of hydrogen-bond donors (Lipinski definition) is 1. The minimum Gasteiger partial charge on any atom is -0.325 e. The van der Waals surface area contributed by atoms with Gasteiger partial charge in [0.25, 0.3) is 5.82 Å². The number of H-pyrrole nitrogens is 1. The second-order valence-electron chi connectivity index (χ2n) is 8.95. The highest BCUT2D eigenvalue weighted by Gasteiger charge is 2.32. The maximum atomic E-state index is 12.8. The minimum absolute atomic E-state index is 0.138. The molecule has 3 aromatic rings. The minimum atomic E-state index is 0.138. The molecule has 2 N–H and O–H groups in total. The number of hydrogen-bond acceptors (Lipinski definition) is 2. The fourth-order valence-electron chi connectivity index (χ4n) is 4.72. The van der Waals surface area contributed by atoms with E-state index in [1.807, 2.05) is 12.1 Å². The molecule has 0 saturated heterocycles. The Labute approximate surface area is 192 Å². The molecule has 4 nitrogen and oxygen atoms in total. The van der Waals surface area contributed by atoms with Gasteiger partial charge in [-0.1, -0.05) is 87.9 Å². The predicted molar refractivity (Wildman–Crippen MR) is 133 cm³/mol. The fraction of sp³-hybridized carbons (Fsp3) is 0.429. The molecule has 0 saturated carbocycles. The summed E-state index contributed by atoms with van der Waals surface area (Å²) in [5, 5.41) is 4.39. The van der Waals surface area contributed by atoms with Crippen molar-refractivity contribution in [3.63, 3.8) is 0 Å². The Morgan fingerprint density at radius 1 is 0.938 bits per heavy atom. The molecular formula is C28H36N3O+. The Bertz CT molecular complexity index is 1030. The fourth-order valence-corrected chi connectivity index (χ4v) is 4.72. The molecule has 0 bridgehead atoms. The van der Waals surface area contributed by atoms with Crippen LogP contribution in [0.5, 0.6) is 0 Å². The summed E-state index contributed by atoms with van der Waals surface area (Å²) in [6.07, 6.45) is 10.1. The Balaban J connectivity index is 1.46. The van der Waals surface area contributed by atoms with Crippen molar-refractivity contribution in [3.8, 4) is 0 Å². The van der Waals surface area contributed by atoms with Crippen LogP contribution in [0.25, 0.3) is 10.9 Å². The topological polar surface area (TPSA) is 46.5 Å². The summed E-state index contributed by atoms with van der Waals surface area (Å²) in [5.74, 6) is 1.28. The second kappa shape index (κ2) is 11.1. The summed E-state index contributed by atoms with van der Waals surface area (Å²) < 4.78 is 0. The summed E-state index contributed by atoms with van der Waals surface area (Å²) in [6, 6.07) is 18.9. The highest BCUT2D eigenvalue weighted by atomic mass is 16.1. The van der Waals surface area contributed by atoms with E-state index in [1.165, 1.54) is 43.2 Å². The summed E-state index contributed by atoms with van der Waals surface area (Å²) in [5.41, 5.74) is 4.59. The molecule has 1 amide bonds. The number of carbonyl (C=O) groups excluding carboxylic acids is 1. The summed E-state index contributed by atoms with van der Waals surface area (Å²) in [7, 11) is 0. The van der Waals surface area contributed by atoms with E-state index in [2.05, 4.69) is 64.6 Å². The Kier molecular flexibility index (Phi) is 7.76. The Hall–Kier alpha value is -2.88. The normalized spacial score (nSPS) is 12.8. The molecule has 4 heteroatoms. The average molecular weight is 431 g/mol. The van der Waals surface area contributed by atoms with Crippen molar-refractivity contribution in [2.24, 2.45) is 0 Å². The number of aromatic amines is 1. The van der Waals surface area contributed by atoms with Crippen molar-refractivity contribution in [1.82, 2.24) is 0 Å². The summed E-state index contributed by atoms with van der Waals surface area (Å²) in [4.78, 5) is 18.9. The second-order valence-corrected chi connectivity index (χ2v) is 8.95. The van der Waals surface area contributed by atoms with Crippen LogP contribution in [-0.2, 0) is 17.8 Å². The van der Waals surface area contributed by atoms with Crippen molar-refractivity contribution in [2.45, 2.75) is 71.3 Å². The van der Waals surface area contributed by atoms with E-state index in [0.29, 0.717) is 6.42 Å². The van der Waals surface area contributed by atoms with Crippen LogP contribution in [0.3, 0.4) is 0 Å². The van der Waals surface area contributed by atoms with E-state index >= 15 is 0 Å². The molecule has 168 valence electrons. The predicted octanol–water partition coefficient (Wildman–Crippen LogP) is 6.30. The lowest BCUT2D eigenvalue weighted by atomic mass is 10.1. The first-order chi connectivity index (χ1) is 15.8. The quantitative estimate of drug-likeness (QED) is 0.363. The van der Waals surface area contributed by atoms with Crippen LogP contribution < -0.4 is 15.2 Å². The molecule has 0 spiro atoms. The lowest BCUT2D eigenvalue weighted by molar-refractivity contribution is -0.330. The maximum absolute atomic E-state index is 12.8. The number of amides is 1. The molecule has 2 aromatic carbocycles. The van der Waals surface area contributed by atoms with Crippen LogP contribution in [0.1, 0.15) is 69.4 Å². The number of nitrogens with zero attached hydrogens (tertiary/aromatic N) is 1. The molecule has 0 atom stereocenters. The Morgan fingerprint density at radius 2 is 1.66 bits per heavy atom. The number of para-hydroxylation sites is 1. The van der Waals surface area contributed by atoms with Gasteiger partial charge < -0.3 is 5.32 Å². The first kappa shape index (κ1) is 22.3. The van der Waals surface area contributed by atoms with Crippen molar-refractivity contribution in [3.05, 3.63) is 65.7 Å². The number of fused-ring (bicyclic) bond motifs is 2. The van der Waals surface area contributed by atoms with Gasteiger partial charge in [-0.15, -0.1) is 0 Å². The first-order valence-corrected chi connectivity index (χ1v) is 12.3. The van der Waals surface area contributed by atoms with Crippen LogP contribution in [0, 0.1) is 0 Å². The van der Waals surface area contributed by atoms with Crippen LogP contribution in [0.4, 0.5) is 11.5 Å².